The molecule has 0 radical (unpaired) electrons. The van der Waals surface area contributed by atoms with E-state index in [1.807, 2.05) is 48.2 Å². The topological polar surface area (TPSA) is 75.0 Å². The van der Waals surface area contributed by atoms with Gasteiger partial charge in [-0.3, -0.25) is 9.78 Å². The van der Waals surface area contributed by atoms with Gasteiger partial charge in [-0.1, -0.05) is 11.6 Å². The zero-order valence-electron chi connectivity index (χ0n) is 14.8. The number of carbonyl (C=O) groups is 1. The van der Waals surface area contributed by atoms with E-state index >= 15 is 0 Å². The van der Waals surface area contributed by atoms with Crippen molar-refractivity contribution in [2.75, 3.05) is 6.54 Å². The second kappa shape index (κ2) is 6.09. The summed E-state index contributed by atoms with van der Waals surface area (Å²) in [6.07, 6.45) is 5.91. The summed E-state index contributed by atoms with van der Waals surface area (Å²) in [7, 11) is 0. The fraction of sp³-hybridized carbons (Fsp3) is 0.190. The SMILES string of the molecule is Cc1ccc2oc(C(=O)N3CCc4[nH]cnc4[C@H]3c3ccncc3)cc2c1. The van der Waals surface area contributed by atoms with Crippen molar-refractivity contribution in [3.8, 4) is 0 Å². The van der Waals surface area contributed by atoms with Gasteiger partial charge in [0.1, 0.15) is 11.6 Å². The van der Waals surface area contributed by atoms with Crippen molar-refractivity contribution in [1.82, 2.24) is 19.9 Å². The van der Waals surface area contributed by atoms with E-state index in [2.05, 4.69) is 15.0 Å². The summed E-state index contributed by atoms with van der Waals surface area (Å²) in [6, 6.07) is 11.3. The Morgan fingerprint density at radius 3 is 2.93 bits per heavy atom. The summed E-state index contributed by atoms with van der Waals surface area (Å²) in [4.78, 5) is 27.0. The Bertz CT molecular complexity index is 1130. The highest BCUT2D eigenvalue weighted by Gasteiger charge is 2.35. The van der Waals surface area contributed by atoms with Crippen molar-refractivity contribution < 1.29 is 9.21 Å². The van der Waals surface area contributed by atoms with Crippen molar-refractivity contribution in [3.05, 3.63) is 83.4 Å². The number of rotatable bonds is 2. The molecule has 0 unspecified atom stereocenters. The fourth-order valence-corrected chi connectivity index (χ4v) is 3.79. The van der Waals surface area contributed by atoms with E-state index < -0.39 is 0 Å². The molecule has 5 rings (SSSR count). The maximum absolute atomic E-state index is 13.3. The first kappa shape index (κ1) is 15.8. The van der Waals surface area contributed by atoms with Crippen LogP contribution in [0.1, 0.15) is 39.1 Å². The maximum atomic E-state index is 13.3. The average molecular weight is 358 g/mol. The smallest absolute Gasteiger partial charge is 0.290 e. The highest BCUT2D eigenvalue weighted by atomic mass is 16.3. The number of nitrogens with one attached hydrogen (secondary N) is 1. The van der Waals surface area contributed by atoms with Crippen LogP contribution in [0.4, 0.5) is 0 Å². The molecule has 27 heavy (non-hydrogen) atoms. The number of aryl methyl sites for hydroxylation is 1. The molecule has 0 saturated carbocycles. The van der Waals surface area contributed by atoms with Crippen LogP contribution in [0.3, 0.4) is 0 Å². The van der Waals surface area contributed by atoms with Crippen LogP contribution in [0.15, 0.2) is 59.5 Å². The van der Waals surface area contributed by atoms with Gasteiger partial charge in [-0.05, 0) is 42.8 Å². The van der Waals surface area contributed by atoms with Crippen molar-refractivity contribution in [2.24, 2.45) is 0 Å². The second-order valence-electron chi connectivity index (χ2n) is 6.85. The highest BCUT2D eigenvalue weighted by Crippen LogP contribution is 2.34. The van der Waals surface area contributed by atoms with Crippen LogP contribution in [0.5, 0.6) is 0 Å². The molecule has 4 heterocycles. The third kappa shape index (κ3) is 2.61. The van der Waals surface area contributed by atoms with Gasteiger partial charge in [0.25, 0.3) is 5.91 Å². The summed E-state index contributed by atoms with van der Waals surface area (Å²) in [5, 5.41) is 0.941. The first-order valence-electron chi connectivity index (χ1n) is 8.94. The standard InChI is InChI=1S/C21H18N4O2/c1-13-2-3-17-15(10-13)11-18(27-17)21(26)25-9-6-16-19(24-12-23-16)20(25)14-4-7-22-8-5-14/h2-5,7-8,10-12,20H,6,9H2,1H3,(H,23,24)/t20-/m1/s1. The second-order valence-corrected chi connectivity index (χ2v) is 6.85. The van der Waals surface area contributed by atoms with Crippen LogP contribution < -0.4 is 0 Å². The van der Waals surface area contributed by atoms with E-state index in [-0.39, 0.29) is 11.9 Å². The van der Waals surface area contributed by atoms with E-state index in [4.69, 9.17) is 4.42 Å². The Kier molecular flexibility index (Phi) is 3.57. The Balaban J connectivity index is 1.58. The molecule has 0 saturated heterocycles. The predicted octanol–water partition coefficient (Wildman–Crippen LogP) is 3.65. The fourth-order valence-electron chi connectivity index (χ4n) is 3.79. The molecule has 1 aliphatic heterocycles. The summed E-state index contributed by atoms with van der Waals surface area (Å²) >= 11 is 0. The lowest BCUT2D eigenvalue weighted by Crippen LogP contribution is -2.40. The quantitative estimate of drug-likeness (QED) is 0.593. The molecule has 1 N–H and O–H groups in total. The van der Waals surface area contributed by atoms with E-state index in [0.29, 0.717) is 12.3 Å². The lowest BCUT2D eigenvalue weighted by atomic mass is 9.96. The number of benzene rings is 1. The molecule has 1 amide bonds. The summed E-state index contributed by atoms with van der Waals surface area (Å²) < 4.78 is 5.86. The minimum Gasteiger partial charge on any atom is -0.451 e. The molecule has 0 bridgehead atoms. The number of fused-ring (bicyclic) bond motifs is 2. The average Bonchev–Trinajstić information content (AvgIpc) is 3.33. The zero-order valence-corrected chi connectivity index (χ0v) is 14.8. The molecule has 0 fully saturated rings. The first-order valence-corrected chi connectivity index (χ1v) is 8.94. The largest absolute Gasteiger partial charge is 0.451 e. The number of carbonyl (C=O) groups excluding carboxylic acids is 1. The van der Waals surface area contributed by atoms with Crippen LogP contribution in [0.2, 0.25) is 0 Å². The monoisotopic (exact) mass is 358 g/mol. The van der Waals surface area contributed by atoms with Gasteiger partial charge in [0.15, 0.2) is 5.76 Å². The molecule has 6 nitrogen and oxygen atoms in total. The number of imidazole rings is 1. The molecule has 1 aliphatic rings. The van der Waals surface area contributed by atoms with Crippen molar-refractivity contribution >= 4 is 16.9 Å². The van der Waals surface area contributed by atoms with E-state index in [0.717, 1.165) is 39.9 Å². The van der Waals surface area contributed by atoms with Gasteiger partial charge < -0.3 is 14.3 Å². The zero-order chi connectivity index (χ0) is 18.4. The van der Waals surface area contributed by atoms with Crippen LogP contribution >= 0.6 is 0 Å². The van der Waals surface area contributed by atoms with Gasteiger partial charge in [0.2, 0.25) is 0 Å². The minimum atomic E-state index is -0.259. The third-order valence-electron chi connectivity index (χ3n) is 5.09. The van der Waals surface area contributed by atoms with Crippen LogP contribution in [-0.2, 0) is 6.42 Å². The number of hydrogen-bond acceptors (Lipinski definition) is 4. The molecule has 1 atom stereocenters. The molecular weight excluding hydrogens is 340 g/mol. The van der Waals surface area contributed by atoms with Crippen LogP contribution in [0, 0.1) is 6.92 Å². The van der Waals surface area contributed by atoms with Crippen LogP contribution in [0.25, 0.3) is 11.0 Å². The lowest BCUT2D eigenvalue weighted by Gasteiger charge is -2.34. The Morgan fingerprint density at radius 2 is 2.07 bits per heavy atom. The summed E-state index contributed by atoms with van der Waals surface area (Å²) in [5.41, 5.74) is 4.80. The predicted molar refractivity (Wildman–Crippen MR) is 100 cm³/mol. The van der Waals surface area contributed by atoms with Gasteiger partial charge in [0.05, 0.1) is 12.0 Å². The maximum Gasteiger partial charge on any atom is 0.290 e. The molecule has 1 aromatic carbocycles. The molecule has 0 aliphatic carbocycles. The first-order chi connectivity index (χ1) is 13.2. The molecule has 6 heteroatoms. The van der Waals surface area contributed by atoms with Gasteiger partial charge in [0, 0.05) is 36.4 Å². The Labute approximate surface area is 155 Å². The van der Waals surface area contributed by atoms with E-state index in [1.165, 1.54) is 0 Å². The third-order valence-corrected chi connectivity index (χ3v) is 5.09. The molecule has 3 aromatic heterocycles. The highest BCUT2D eigenvalue weighted by molar-refractivity contribution is 5.96. The minimum absolute atomic E-state index is 0.126. The van der Waals surface area contributed by atoms with Gasteiger partial charge in [-0.2, -0.15) is 0 Å². The molecular formula is C21H18N4O2. The number of hydrogen-bond donors (Lipinski definition) is 1. The van der Waals surface area contributed by atoms with Crippen molar-refractivity contribution in [1.29, 1.82) is 0 Å². The number of amides is 1. The number of furan rings is 1. The Morgan fingerprint density at radius 1 is 1.22 bits per heavy atom. The normalized spacial score (nSPS) is 16.5. The van der Waals surface area contributed by atoms with E-state index in [9.17, 15) is 4.79 Å². The molecule has 4 aromatic rings. The van der Waals surface area contributed by atoms with Crippen molar-refractivity contribution in [3.63, 3.8) is 0 Å². The summed E-state index contributed by atoms with van der Waals surface area (Å²) in [6.45, 7) is 2.62. The number of pyridine rings is 1. The number of nitrogens with zero attached hydrogens (tertiary/aromatic N) is 3. The Hall–Kier alpha value is -3.41. The van der Waals surface area contributed by atoms with Gasteiger partial charge in [-0.15, -0.1) is 0 Å². The summed E-state index contributed by atoms with van der Waals surface area (Å²) in [5.74, 6) is 0.230. The van der Waals surface area contributed by atoms with Crippen molar-refractivity contribution in [2.45, 2.75) is 19.4 Å². The number of H-pyrrole nitrogens is 1. The van der Waals surface area contributed by atoms with Crippen LogP contribution in [-0.4, -0.2) is 32.3 Å². The number of aromatic nitrogens is 3. The number of aromatic amines is 1. The lowest BCUT2D eigenvalue weighted by molar-refractivity contribution is 0.0660. The van der Waals surface area contributed by atoms with Gasteiger partial charge in [-0.25, -0.2) is 4.98 Å². The van der Waals surface area contributed by atoms with E-state index in [1.54, 1.807) is 18.7 Å². The molecule has 134 valence electrons. The molecule has 0 spiro atoms. The van der Waals surface area contributed by atoms with Gasteiger partial charge >= 0.3 is 0 Å².